The fourth-order valence-electron chi connectivity index (χ4n) is 2.23. The molecular formula is C13H15N3O4S. The lowest BCUT2D eigenvalue weighted by Crippen LogP contribution is -2.34. The first kappa shape index (κ1) is 15.4. The van der Waals surface area contributed by atoms with E-state index in [1.165, 1.54) is 29.4 Å². The number of sulfonamides is 1. The molecule has 0 heterocycles. The number of hydrogen-bond donors (Lipinski definition) is 0. The zero-order valence-corrected chi connectivity index (χ0v) is 12.3. The van der Waals surface area contributed by atoms with Gasteiger partial charge in [-0.15, -0.1) is 0 Å². The van der Waals surface area contributed by atoms with Gasteiger partial charge >= 0.3 is 0 Å². The highest BCUT2D eigenvalue weighted by Gasteiger charge is 2.39. The highest BCUT2D eigenvalue weighted by atomic mass is 32.2. The molecule has 1 aromatic rings. The van der Waals surface area contributed by atoms with Crippen molar-refractivity contribution in [2.45, 2.75) is 37.1 Å². The summed E-state index contributed by atoms with van der Waals surface area (Å²) in [6, 6.07) is 5.86. The summed E-state index contributed by atoms with van der Waals surface area (Å²) >= 11 is 0. The predicted octanol–water partition coefficient (Wildman–Crippen LogP) is 1.97. The number of nitrogens with zero attached hydrogens (tertiary/aromatic N) is 3. The van der Waals surface area contributed by atoms with Gasteiger partial charge in [-0.1, -0.05) is 6.07 Å². The van der Waals surface area contributed by atoms with Crippen LogP contribution in [0.3, 0.4) is 0 Å². The van der Waals surface area contributed by atoms with Crippen molar-refractivity contribution < 1.29 is 13.3 Å². The maximum Gasteiger partial charge on any atom is 0.273 e. The van der Waals surface area contributed by atoms with E-state index in [4.69, 9.17) is 5.26 Å². The molecule has 0 N–H and O–H groups in total. The molecule has 0 bridgehead atoms. The Kier molecular flexibility index (Phi) is 4.25. The van der Waals surface area contributed by atoms with Crippen LogP contribution in [0.5, 0.6) is 0 Å². The van der Waals surface area contributed by atoms with Crippen LogP contribution in [-0.2, 0) is 10.0 Å². The maximum atomic E-state index is 12.7. The zero-order valence-electron chi connectivity index (χ0n) is 11.5. The van der Waals surface area contributed by atoms with Gasteiger partial charge < -0.3 is 0 Å². The van der Waals surface area contributed by atoms with E-state index in [1.54, 1.807) is 0 Å². The van der Waals surface area contributed by atoms with Crippen LogP contribution in [0.2, 0.25) is 0 Å². The Labute approximate surface area is 123 Å². The third-order valence-electron chi connectivity index (χ3n) is 3.44. The van der Waals surface area contributed by atoms with Gasteiger partial charge in [0.2, 0.25) is 10.0 Å². The van der Waals surface area contributed by atoms with Gasteiger partial charge in [0.05, 0.1) is 15.9 Å². The molecule has 0 saturated heterocycles. The van der Waals surface area contributed by atoms with Gasteiger partial charge in [0.25, 0.3) is 5.69 Å². The highest BCUT2D eigenvalue weighted by molar-refractivity contribution is 7.89. The normalized spacial score (nSPS) is 14.9. The summed E-state index contributed by atoms with van der Waals surface area (Å²) in [6.07, 6.45) is 1.63. The monoisotopic (exact) mass is 309 g/mol. The van der Waals surface area contributed by atoms with E-state index < -0.39 is 14.9 Å². The molecule has 0 spiro atoms. The molecule has 0 aliphatic heterocycles. The molecule has 0 amide bonds. The fraction of sp³-hybridized carbons (Fsp3) is 0.462. The van der Waals surface area contributed by atoms with Crippen LogP contribution in [0.1, 0.15) is 24.8 Å². The van der Waals surface area contributed by atoms with Gasteiger partial charge in [0.15, 0.2) is 0 Å². The molecule has 0 aromatic heterocycles. The number of benzene rings is 1. The summed E-state index contributed by atoms with van der Waals surface area (Å²) in [7, 11) is -3.82. The van der Waals surface area contributed by atoms with Crippen molar-refractivity contribution in [3.8, 4) is 6.07 Å². The van der Waals surface area contributed by atoms with Crippen LogP contribution in [-0.4, -0.2) is 30.2 Å². The van der Waals surface area contributed by atoms with Crippen LogP contribution in [0.4, 0.5) is 5.69 Å². The highest BCUT2D eigenvalue weighted by Crippen LogP contribution is 2.34. The molecule has 0 atom stereocenters. The van der Waals surface area contributed by atoms with Crippen molar-refractivity contribution in [2.75, 3.05) is 6.54 Å². The van der Waals surface area contributed by atoms with Crippen LogP contribution in [0, 0.1) is 28.4 Å². The maximum absolute atomic E-state index is 12.7. The lowest BCUT2D eigenvalue weighted by Gasteiger charge is -2.21. The summed E-state index contributed by atoms with van der Waals surface area (Å²) in [6.45, 7) is 1.55. The van der Waals surface area contributed by atoms with E-state index in [0.29, 0.717) is 0 Å². The minimum atomic E-state index is -3.82. The minimum Gasteiger partial charge on any atom is -0.258 e. The average Bonchev–Trinajstić information content (AvgIpc) is 3.23. The molecule has 1 fully saturated rings. The molecular weight excluding hydrogens is 294 g/mol. The first-order valence-corrected chi connectivity index (χ1v) is 7.96. The molecule has 1 aliphatic carbocycles. The quantitative estimate of drug-likeness (QED) is 0.590. The Morgan fingerprint density at radius 1 is 1.48 bits per heavy atom. The lowest BCUT2D eigenvalue weighted by molar-refractivity contribution is -0.385. The number of rotatable bonds is 6. The molecule has 1 aliphatic rings. The summed E-state index contributed by atoms with van der Waals surface area (Å²) in [4.78, 5) is 10.3. The molecule has 1 saturated carbocycles. The minimum absolute atomic E-state index is 0.0541. The molecule has 0 radical (unpaired) electrons. The Hall–Kier alpha value is -1.98. The van der Waals surface area contributed by atoms with E-state index in [1.807, 2.05) is 6.07 Å². The molecule has 21 heavy (non-hydrogen) atoms. The van der Waals surface area contributed by atoms with Crippen LogP contribution >= 0.6 is 0 Å². The van der Waals surface area contributed by atoms with Crippen LogP contribution in [0.25, 0.3) is 0 Å². The zero-order chi connectivity index (χ0) is 15.6. The van der Waals surface area contributed by atoms with Crippen LogP contribution in [0.15, 0.2) is 23.1 Å². The standard InChI is InChI=1S/C13H15N3O4S/c1-10-12(16(17)18)4-2-5-13(10)21(19,20)15(9-3-8-14)11-6-7-11/h2,4-5,11H,3,6-7,9H2,1H3. The molecule has 8 heteroatoms. The van der Waals surface area contributed by atoms with Crippen molar-refractivity contribution >= 4 is 15.7 Å². The van der Waals surface area contributed by atoms with Crippen molar-refractivity contribution in [3.05, 3.63) is 33.9 Å². The number of nitro benzene ring substituents is 1. The van der Waals surface area contributed by atoms with Gasteiger partial charge in [-0.3, -0.25) is 10.1 Å². The third kappa shape index (κ3) is 3.04. The van der Waals surface area contributed by atoms with Crippen LogP contribution < -0.4 is 0 Å². The lowest BCUT2D eigenvalue weighted by atomic mass is 10.2. The second-order valence-corrected chi connectivity index (χ2v) is 6.77. The van der Waals surface area contributed by atoms with Gasteiger partial charge in [0, 0.05) is 30.6 Å². The topological polar surface area (TPSA) is 104 Å². The van der Waals surface area contributed by atoms with E-state index in [2.05, 4.69) is 0 Å². The number of nitro groups is 1. The van der Waals surface area contributed by atoms with E-state index in [-0.39, 0.29) is 35.2 Å². The predicted molar refractivity (Wildman–Crippen MR) is 75.0 cm³/mol. The van der Waals surface area contributed by atoms with Gasteiger partial charge in [-0.25, -0.2) is 8.42 Å². The summed E-state index contributed by atoms with van der Waals surface area (Å²) in [5.74, 6) is 0. The molecule has 7 nitrogen and oxygen atoms in total. The SMILES string of the molecule is Cc1c([N+](=O)[O-])cccc1S(=O)(=O)N(CCC#N)C1CC1. The Morgan fingerprint density at radius 3 is 2.67 bits per heavy atom. The Balaban J connectivity index is 2.45. The smallest absolute Gasteiger partial charge is 0.258 e. The summed E-state index contributed by atoms with van der Waals surface area (Å²) in [5, 5.41) is 19.6. The fourth-order valence-corrected chi connectivity index (χ4v) is 4.16. The average molecular weight is 309 g/mol. The van der Waals surface area contributed by atoms with Gasteiger partial charge in [0.1, 0.15) is 0 Å². The summed E-state index contributed by atoms with van der Waals surface area (Å²) in [5.41, 5.74) is -0.0859. The largest absolute Gasteiger partial charge is 0.273 e. The summed E-state index contributed by atoms with van der Waals surface area (Å²) < 4.78 is 26.7. The van der Waals surface area contributed by atoms with E-state index >= 15 is 0 Å². The van der Waals surface area contributed by atoms with E-state index in [0.717, 1.165) is 12.8 Å². The third-order valence-corrected chi connectivity index (χ3v) is 5.53. The Morgan fingerprint density at radius 2 is 2.14 bits per heavy atom. The van der Waals surface area contributed by atoms with Crippen molar-refractivity contribution in [1.82, 2.24) is 4.31 Å². The van der Waals surface area contributed by atoms with E-state index in [9.17, 15) is 18.5 Å². The van der Waals surface area contributed by atoms with Gasteiger partial charge in [-0.2, -0.15) is 9.57 Å². The number of hydrogen-bond acceptors (Lipinski definition) is 5. The van der Waals surface area contributed by atoms with Crippen molar-refractivity contribution in [3.63, 3.8) is 0 Å². The first-order chi connectivity index (χ1) is 9.89. The second-order valence-electron chi connectivity index (χ2n) is 4.91. The number of nitriles is 1. The molecule has 112 valence electrons. The van der Waals surface area contributed by atoms with Crippen molar-refractivity contribution in [2.24, 2.45) is 0 Å². The van der Waals surface area contributed by atoms with Crippen molar-refractivity contribution in [1.29, 1.82) is 5.26 Å². The second kappa shape index (κ2) is 5.79. The molecule has 2 rings (SSSR count). The molecule has 1 aromatic carbocycles. The molecule has 0 unspecified atom stereocenters. The Bertz CT molecular complexity index is 705. The first-order valence-electron chi connectivity index (χ1n) is 6.52. The van der Waals surface area contributed by atoms with Gasteiger partial charge in [-0.05, 0) is 25.8 Å².